The van der Waals surface area contributed by atoms with E-state index >= 15 is 0 Å². The Balaban J connectivity index is 2.08. The number of aliphatic hydroxyl groups excluding tert-OH is 1. The fourth-order valence-electron chi connectivity index (χ4n) is 2.08. The summed E-state index contributed by atoms with van der Waals surface area (Å²) in [6, 6.07) is 0. The minimum atomic E-state index is 0.00950. The van der Waals surface area contributed by atoms with Crippen molar-refractivity contribution in [3.63, 3.8) is 0 Å². The normalized spacial score (nSPS) is 20.1. The molecule has 0 saturated heterocycles. The van der Waals surface area contributed by atoms with Gasteiger partial charge in [-0.25, -0.2) is 0 Å². The predicted octanol–water partition coefficient (Wildman–Crippen LogP) is 1.31. The molecule has 84 valence electrons. The van der Waals surface area contributed by atoms with E-state index in [1.165, 1.54) is 12.8 Å². The molecule has 0 heterocycles. The molecule has 14 heavy (non-hydrogen) atoms. The van der Waals surface area contributed by atoms with Crippen LogP contribution in [0.2, 0.25) is 0 Å². The molecular formula is C11H23NO2. The van der Waals surface area contributed by atoms with Gasteiger partial charge < -0.3 is 15.2 Å². The predicted molar refractivity (Wildman–Crippen MR) is 57.4 cm³/mol. The maximum absolute atomic E-state index is 9.32. The lowest BCUT2D eigenvalue weighted by Crippen LogP contribution is -2.47. The van der Waals surface area contributed by atoms with Crippen LogP contribution in [0, 0.1) is 0 Å². The van der Waals surface area contributed by atoms with E-state index in [-0.39, 0.29) is 12.1 Å². The summed E-state index contributed by atoms with van der Waals surface area (Å²) in [4.78, 5) is 0. The van der Waals surface area contributed by atoms with Crippen LogP contribution in [-0.4, -0.2) is 37.0 Å². The van der Waals surface area contributed by atoms with Crippen molar-refractivity contribution in [1.29, 1.82) is 0 Å². The Morgan fingerprint density at radius 1 is 1.29 bits per heavy atom. The standard InChI is InChI=1S/C11H23NO2/c1-2-8-14-9-7-12-11(10-13)5-3-4-6-11/h12-13H,2-10H2,1H3. The molecule has 1 fully saturated rings. The zero-order valence-electron chi connectivity index (χ0n) is 9.22. The van der Waals surface area contributed by atoms with E-state index < -0.39 is 0 Å². The van der Waals surface area contributed by atoms with Crippen LogP contribution >= 0.6 is 0 Å². The molecule has 0 atom stereocenters. The monoisotopic (exact) mass is 201 g/mol. The molecule has 1 saturated carbocycles. The van der Waals surface area contributed by atoms with Crippen LogP contribution in [0.1, 0.15) is 39.0 Å². The molecule has 0 aliphatic heterocycles. The first-order valence-electron chi connectivity index (χ1n) is 5.76. The summed E-state index contributed by atoms with van der Waals surface area (Å²) >= 11 is 0. The Labute approximate surface area is 86.8 Å². The largest absolute Gasteiger partial charge is 0.394 e. The Morgan fingerprint density at radius 2 is 2.00 bits per heavy atom. The summed E-state index contributed by atoms with van der Waals surface area (Å²) in [5.41, 5.74) is 0.00950. The van der Waals surface area contributed by atoms with Gasteiger partial charge in [0.05, 0.1) is 13.2 Å². The van der Waals surface area contributed by atoms with Crippen molar-refractivity contribution in [2.45, 2.75) is 44.6 Å². The minimum absolute atomic E-state index is 0.00950. The van der Waals surface area contributed by atoms with Crippen LogP contribution in [0.4, 0.5) is 0 Å². The van der Waals surface area contributed by atoms with E-state index in [0.717, 1.165) is 39.0 Å². The second-order valence-electron chi connectivity index (χ2n) is 4.18. The average molecular weight is 201 g/mol. The zero-order chi connectivity index (χ0) is 10.3. The van der Waals surface area contributed by atoms with Crippen LogP contribution in [0.5, 0.6) is 0 Å². The second kappa shape index (κ2) is 6.38. The molecule has 0 amide bonds. The van der Waals surface area contributed by atoms with Crippen LogP contribution in [0.15, 0.2) is 0 Å². The lowest BCUT2D eigenvalue weighted by Gasteiger charge is -2.28. The first-order chi connectivity index (χ1) is 6.83. The Hall–Kier alpha value is -0.120. The quantitative estimate of drug-likeness (QED) is 0.610. The number of hydrogen-bond donors (Lipinski definition) is 2. The van der Waals surface area contributed by atoms with Gasteiger partial charge in [-0.2, -0.15) is 0 Å². The van der Waals surface area contributed by atoms with Gasteiger partial charge in [0.1, 0.15) is 0 Å². The average Bonchev–Trinajstić information content (AvgIpc) is 2.67. The van der Waals surface area contributed by atoms with Crippen molar-refractivity contribution in [2.24, 2.45) is 0 Å². The minimum Gasteiger partial charge on any atom is -0.394 e. The Kier molecular flexibility index (Phi) is 5.45. The lowest BCUT2D eigenvalue weighted by atomic mass is 9.99. The molecule has 0 aromatic heterocycles. The molecule has 0 bridgehead atoms. The SMILES string of the molecule is CCCOCCNC1(CO)CCCC1. The van der Waals surface area contributed by atoms with Gasteiger partial charge in [0.15, 0.2) is 0 Å². The van der Waals surface area contributed by atoms with Crippen LogP contribution in [0.25, 0.3) is 0 Å². The van der Waals surface area contributed by atoms with Crippen molar-refractivity contribution in [3.8, 4) is 0 Å². The highest BCUT2D eigenvalue weighted by molar-refractivity contribution is 4.91. The van der Waals surface area contributed by atoms with Crippen molar-refractivity contribution >= 4 is 0 Å². The van der Waals surface area contributed by atoms with Crippen LogP contribution < -0.4 is 5.32 Å². The van der Waals surface area contributed by atoms with Crippen LogP contribution in [0.3, 0.4) is 0 Å². The third kappa shape index (κ3) is 3.56. The van der Waals surface area contributed by atoms with Crippen molar-refractivity contribution in [2.75, 3.05) is 26.4 Å². The lowest BCUT2D eigenvalue weighted by molar-refractivity contribution is 0.113. The fraction of sp³-hybridized carbons (Fsp3) is 1.00. The van der Waals surface area contributed by atoms with Gasteiger partial charge in [-0.15, -0.1) is 0 Å². The highest BCUT2D eigenvalue weighted by Crippen LogP contribution is 2.28. The molecule has 1 aliphatic carbocycles. The zero-order valence-corrected chi connectivity index (χ0v) is 9.22. The molecule has 0 radical (unpaired) electrons. The van der Waals surface area contributed by atoms with Gasteiger partial charge >= 0.3 is 0 Å². The van der Waals surface area contributed by atoms with Crippen LogP contribution in [-0.2, 0) is 4.74 Å². The highest BCUT2D eigenvalue weighted by Gasteiger charge is 2.31. The number of nitrogens with one attached hydrogen (secondary N) is 1. The van der Waals surface area contributed by atoms with E-state index in [0.29, 0.717) is 0 Å². The van der Waals surface area contributed by atoms with Gasteiger partial charge in [-0.3, -0.25) is 0 Å². The van der Waals surface area contributed by atoms with Gasteiger partial charge in [0.25, 0.3) is 0 Å². The maximum Gasteiger partial charge on any atom is 0.0613 e. The van der Waals surface area contributed by atoms with E-state index in [2.05, 4.69) is 12.2 Å². The third-order valence-electron chi connectivity index (χ3n) is 2.96. The van der Waals surface area contributed by atoms with E-state index in [1.807, 2.05) is 0 Å². The van der Waals surface area contributed by atoms with Gasteiger partial charge in [-0.1, -0.05) is 19.8 Å². The summed E-state index contributed by atoms with van der Waals surface area (Å²) in [6.07, 6.45) is 5.77. The number of ether oxygens (including phenoxy) is 1. The summed E-state index contributed by atoms with van der Waals surface area (Å²) in [7, 11) is 0. The number of hydrogen-bond acceptors (Lipinski definition) is 3. The molecule has 3 nitrogen and oxygen atoms in total. The van der Waals surface area contributed by atoms with Crippen molar-refractivity contribution in [3.05, 3.63) is 0 Å². The summed E-state index contributed by atoms with van der Waals surface area (Å²) in [5.74, 6) is 0. The number of rotatable bonds is 7. The fourth-order valence-corrected chi connectivity index (χ4v) is 2.08. The summed E-state index contributed by atoms with van der Waals surface area (Å²) < 4.78 is 5.39. The molecule has 0 aromatic rings. The topological polar surface area (TPSA) is 41.5 Å². The molecule has 3 heteroatoms. The molecule has 0 unspecified atom stereocenters. The maximum atomic E-state index is 9.32. The third-order valence-corrected chi connectivity index (χ3v) is 2.96. The van der Waals surface area contributed by atoms with E-state index in [4.69, 9.17) is 4.74 Å². The molecule has 1 aliphatic rings. The molecule has 2 N–H and O–H groups in total. The molecule has 0 spiro atoms. The Morgan fingerprint density at radius 3 is 2.57 bits per heavy atom. The second-order valence-corrected chi connectivity index (χ2v) is 4.18. The summed E-state index contributed by atoms with van der Waals surface area (Å²) in [5, 5.41) is 12.7. The first-order valence-corrected chi connectivity index (χ1v) is 5.76. The highest BCUT2D eigenvalue weighted by atomic mass is 16.5. The van der Waals surface area contributed by atoms with Gasteiger partial charge in [-0.05, 0) is 19.3 Å². The van der Waals surface area contributed by atoms with Gasteiger partial charge in [0, 0.05) is 18.7 Å². The van der Waals surface area contributed by atoms with Gasteiger partial charge in [0.2, 0.25) is 0 Å². The summed E-state index contributed by atoms with van der Waals surface area (Å²) in [6.45, 7) is 4.84. The van der Waals surface area contributed by atoms with E-state index in [1.54, 1.807) is 0 Å². The van der Waals surface area contributed by atoms with Crippen molar-refractivity contribution < 1.29 is 9.84 Å². The van der Waals surface area contributed by atoms with Crippen molar-refractivity contribution in [1.82, 2.24) is 5.32 Å². The molecular weight excluding hydrogens is 178 g/mol. The smallest absolute Gasteiger partial charge is 0.0613 e. The first kappa shape index (κ1) is 12.0. The molecule has 1 rings (SSSR count). The number of aliphatic hydroxyl groups is 1. The Bertz CT molecular complexity index is 144. The molecule has 0 aromatic carbocycles. The van der Waals surface area contributed by atoms with E-state index in [9.17, 15) is 5.11 Å².